The van der Waals surface area contributed by atoms with Crippen LogP contribution in [-0.4, -0.2) is 300 Å². The number of aliphatic carboxylic acids is 1. The minimum atomic E-state index is -2.07. The molecular formula is C93H119F3N18O21S. The molecule has 39 nitrogen and oxygen atoms in total. The van der Waals surface area contributed by atoms with Crippen LogP contribution in [0.5, 0.6) is 5.75 Å². The number of fused-ring (bicyclic) bond motifs is 3. The standard InChI is InChI=1S/C93H119F3N18O21S/c1-7-8-26-70-92(134)114-47-58(117)42-73(114)88(130)107-67(43-78(121)122)85(127)109-80(50(2)3)93(135)111(5)71(38-51-19-11-9-12-20-51)86(128)104-64(31-32-75(98)118)90(132)113-46-57(116)41-72(113)87(129)106-66(40-55-44-100-62-24-16-15-23-59(55)62)84(126)105-65(36-53-27-29-56(115)30-28-53)83(125)103-63(25-17-18-33-97)82(124)108-69(81(123)101-45-76(99)119)48-136-49-77(120)102-68(37-54-34-60(94)79(96)61(95)35-54)89(131)112(6)74(91(133)110(70)4)39-52-21-13-10-14-22-52/h9-16,19-24,27-30,34-35,44,50,57-58,63-74,80,100,115-117H,7-8,17-18,25-26,31-33,36-43,45-49,97H2,1-6H3,(H2,98,118)(H2,99,119)(H,101,123)(H,102,120)(H,103,125)(H,104,128)(H,105,126)(H,106,129)(H,107,130)(H,108,124)(H,109,127)(H,121,122)/t57-,58-,63+,64+,65+,66+,67+,68+,69+,70+,71+,72-,73-,74+,80+/m1/s1. The van der Waals surface area contributed by atoms with Gasteiger partial charge in [-0.25, -0.2) is 13.2 Å². The molecule has 0 radical (unpaired) electrons. The number of aromatic amines is 1. The number of aromatic nitrogens is 1. The van der Waals surface area contributed by atoms with Gasteiger partial charge in [-0.05, 0) is 103 Å². The number of phenols is 1. The van der Waals surface area contributed by atoms with Gasteiger partial charge in [-0.2, -0.15) is 0 Å². The van der Waals surface area contributed by atoms with Crippen LogP contribution in [-0.2, 0) is 114 Å². The Morgan fingerprint density at radius 3 is 1.60 bits per heavy atom. The highest BCUT2D eigenvalue weighted by molar-refractivity contribution is 8.00. The lowest BCUT2D eigenvalue weighted by Gasteiger charge is -2.38. The number of nitrogens with two attached hydrogens (primary N) is 3. The molecule has 15 atom stereocenters. The predicted octanol–water partition coefficient (Wildman–Crippen LogP) is -0.849. The maximum Gasteiger partial charge on any atom is 0.305 e. The molecule has 3 aliphatic rings. The Kier molecular flexibility index (Phi) is 39.1. The van der Waals surface area contributed by atoms with Crippen molar-refractivity contribution in [1.82, 2.24) is 77.3 Å². The lowest BCUT2D eigenvalue weighted by atomic mass is 9.98. The molecule has 3 fully saturated rings. The monoisotopic (exact) mass is 1910 g/mol. The van der Waals surface area contributed by atoms with E-state index in [4.69, 9.17) is 17.2 Å². The number of halogens is 3. The van der Waals surface area contributed by atoms with E-state index in [0.717, 1.165) is 31.5 Å². The first-order valence-electron chi connectivity index (χ1n) is 44.7. The maximum atomic E-state index is 15.7. The summed E-state index contributed by atoms with van der Waals surface area (Å²) in [6, 6.07) is 6.97. The lowest BCUT2D eigenvalue weighted by molar-refractivity contribution is -0.152. The summed E-state index contributed by atoms with van der Waals surface area (Å²) in [4.78, 5) is 258. The predicted molar refractivity (Wildman–Crippen MR) is 489 cm³/mol. The molecule has 43 heteroatoms. The number of rotatable bonds is 26. The maximum absolute atomic E-state index is 15.7. The summed E-state index contributed by atoms with van der Waals surface area (Å²) in [5.74, 6) is -26.4. The number of benzene rings is 5. The van der Waals surface area contributed by atoms with Crippen molar-refractivity contribution in [2.45, 2.75) is 214 Å². The molecule has 4 heterocycles. The highest BCUT2D eigenvalue weighted by atomic mass is 32.2. The Morgan fingerprint density at radius 1 is 0.507 bits per heavy atom. The molecule has 9 rings (SSSR count). The molecule has 6 aromatic rings. The second-order valence-corrected chi connectivity index (χ2v) is 35.6. The van der Waals surface area contributed by atoms with E-state index in [0.29, 0.717) is 63.5 Å². The van der Waals surface area contributed by atoms with Gasteiger partial charge in [0.2, 0.25) is 94.5 Å². The number of likely N-dealkylation sites (N-methyl/N-ethyl adjacent to an activating group) is 3. The summed E-state index contributed by atoms with van der Waals surface area (Å²) >= 11 is 0.635. The molecule has 5 aromatic carbocycles. The van der Waals surface area contributed by atoms with Gasteiger partial charge in [0.25, 0.3) is 0 Å². The van der Waals surface area contributed by atoms with E-state index in [-0.39, 0.29) is 63.7 Å². The molecule has 0 aliphatic carbocycles. The van der Waals surface area contributed by atoms with Crippen LogP contribution in [0.4, 0.5) is 13.2 Å². The molecule has 136 heavy (non-hydrogen) atoms. The van der Waals surface area contributed by atoms with Crippen LogP contribution in [0.2, 0.25) is 0 Å². The van der Waals surface area contributed by atoms with E-state index in [1.807, 2.05) is 0 Å². The number of hydrogen-bond donors (Lipinski definition) is 17. The van der Waals surface area contributed by atoms with Gasteiger partial charge < -0.3 is 115 Å². The van der Waals surface area contributed by atoms with Crippen molar-refractivity contribution < 1.29 is 115 Å². The van der Waals surface area contributed by atoms with Crippen LogP contribution in [0.1, 0.15) is 119 Å². The molecule has 3 aliphatic heterocycles. The van der Waals surface area contributed by atoms with Gasteiger partial charge >= 0.3 is 5.97 Å². The van der Waals surface area contributed by atoms with E-state index >= 15 is 56.7 Å². The number of nitrogens with one attached hydrogen (secondary N) is 10. The van der Waals surface area contributed by atoms with E-state index < -0.39 is 296 Å². The number of amides is 16. The van der Waals surface area contributed by atoms with E-state index in [2.05, 4.69) is 52.8 Å². The zero-order valence-corrected chi connectivity index (χ0v) is 77.0. The van der Waals surface area contributed by atoms with Crippen molar-refractivity contribution in [3.05, 3.63) is 173 Å². The highest BCUT2D eigenvalue weighted by Crippen LogP contribution is 2.29. The van der Waals surface area contributed by atoms with Crippen molar-refractivity contribution in [1.29, 1.82) is 0 Å². The van der Waals surface area contributed by atoms with Gasteiger partial charge in [0.1, 0.15) is 84.3 Å². The fraction of sp³-hybridized carbons (Fsp3) is 0.473. The topological polar surface area (TPSA) is 589 Å². The molecule has 16 amide bonds. The van der Waals surface area contributed by atoms with Crippen LogP contribution < -0.4 is 65.1 Å². The zero-order valence-electron chi connectivity index (χ0n) is 76.2. The summed E-state index contributed by atoms with van der Waals surface area (Å²) < 4.78 is 45.1. The number of carbonyl (C=O) groups excluding carboxylic acids is 16. The second kappa shape index (κ2) is 50.1. The van der Waals surface area contributed by atoms with E-state index in [9.17, 15) is 58.4 Å². The number of nitrogens with zero attached hydrogens (tertiary/aromatic N) is 5. The minimum absolute atomic E-state index is 0.0726. The highest BCUT2D eigenvalue weighted by Gasteiger charge is 2.48. The van der Waals surface area contributed by atoms with Crippen molar-refractivity contribution in [3.63, 3.8) is 0 Å². The number of thioether (sulfide) groups is 1. The SMILES string of the molecule is CCCC[C@H]1C(=O)N2C[C@H](O)C[C@@H]2C(=O)N[C@@H](CC(=O)O)C(=O)N[C@@H](C(C)C)C(=O)N(C)[C@@H](Cc2ccccc2)C(=O)N[C@@H](CCC(N)=O)C(=O)N2C[C@H](O)C[C@@H]2C(=O)N[C@@H](Cc2c[nH]c3ccccc23)C(=O)N[C@@H](Cc2ccc(O)cc2)C(=O)N[C@@H](CCCCN)C(=O)N[C@H](C(=O)NCC(N)=O)CSCC(=O)N[C@@H](Cc2cc(F)c(F)c(F)c2)C(=O)N(C)[C@@H](Cc2ccccc2)C(=O)N1C. The van der Waals surface area contributed by atoms with Crippen LogP contribution in [0.15, 0.2) is 128 Å². The van der Waals surface area contributed by atoms with Crippen LogP contribution in [0, 0.1) is 23.4 Å². The third-order valence-electron chi connectivity index (χ3n) is 24.0. The van der Waals surface area contributed by atoms with Crippen molar-refractivity contribution in [2.24, 2.45) is 23.1 Å². The fourth-order valence-electron chi connectivity index (χ4n) is 16.5. The minimum Gasteiger partial charge on any atom is -0.508 e. The zero-order chi connectivity index (χ0) is 99.5. The Bertz CT molecular complexity index is 5280. The smallest absolute Gasteiger partial charge is 0.305 e. The number of phenolic OH excluding ortho intramolecular Hbond substituents is 1. The Hall–Kier alpha value is -13.6. The first-order valence-corrected chi connectivity index (χ1v) is 45.9. The average molecular weight is 1910 g/mol. The number of carboxylic acids is 1. The number of aromatic hydroxyl groups is 1. The van der Waals surface area contributed by atoms with Gasteiger partial charge in [0.15, 0.2) is 17.5 Å². The Labute approximate surface area is 786 Å². The molecule has 734 valence electrons. The summed E-state index contributed by atoms with van der Waals surface area (Å²) in [6.45, 7) is 2.84. The number of primary amides is 2. The largest absolute Gasteiger partial charge is 0.508 e. The molecule has 3 saturated heterocycles. The Balaban J connectivity index is 1.15. The first-order chi connectivity index (χ1) is 64.6. The number of aliphatic hydroxyl groups is 2. The molecule has 0 bridgehead atoms. The first kappa shape index (κ1) is 106. The summed E-state index contributed by atoms with van der Waals surface area (Å²) in [6.07, 6.45) is -6.39. The third kappa shape index (κ3) is 29.5. The van der Waals surface area contributed by atoms with E-state index in [1.165, 1.54) is 52.2 Å². The molecule has 0 unspecified atom stereocenters. The van der Waals surface area contributed by atoms with Crippen molar-refractivity contribution in [2.75, 3.05) is 58.8 Å². The van der Waals surface area contributed by atoms with Gasteiger partial charge in [-0.15, -0.1) is 11.8 Å². The fourth-order valence-corrected chi connectivity index (χ4v) is 17.4. The van der Waals surface area contributed by atoms with Crippen LogP contribution in [0.25, 0.3) is 10.9 Å². The second-order valence-electron chi connectivity index (χ2n) is 34.5. The van der Waals surface area contributed by atoms with Crippen LogP contribution in [0.3, 0.4) is 0 Å². The lowest BCUT2D eigenvalue weighted by Crippen LogP contribution is -2.62. The molecule has 1 aromatic heterocycles. The molecule has 0 spiro atoms. The number of H-pyrrole nitrogens is 1. The number of para-hydroxylation sites is 1. The average Bonchev–Trinajstić information content (AvgIpc) is 1.60. The van der Waals surface area contributed by atoms with Crippen molar-refractivity contribution >= 4 is 123 Å². The number of aliphatic hydroxyl groups excluding tert-OH is 2. The van der Waals surface area contributed by atoms with Gasteiger partial charge in [-0.3, -0.25) is 81.5 Å². The van der Waals surface area contributed by atoms with Crippen molar-refractivity contribution in [3.8, 4) is 5.75 Å². The number of carboxylic acid groups (broad SMARTS) is 1. The summed E-state index contributed by atoms with van der Waals surface area (Å²) in [7, 11) is 3.56. The normalized spacial score (nSPS) is 24.4. The number of carbonyl (C=O) groups is 17. The molecular weight excluding hydrogens is 1790 g/mol. The third-order valence-corrected chi connectivity index (χ3v) is 25.0. The Morgan fingerprint density at radius 2 is 1.02 bits per heavy atom. The van der Waals surface area contributed by atoms with Gasteiger partial charge in [-0.1, -0.05) is 125 Å². The van der Waals surface area contributed by atoms with Crippen LogP contribution >= 0.6 is 11.8 Å². The quantitative estimate of drug-likeness (QED) is 0.0232. The number of hydrogen-bond acceptors (Lipinski definition) is 22. The van der Waals surface area contributed by atoms with Gasteiger partial charge in [0.05, 0.1) is 30.9 Å². The summed E-state index contributed by atoms with van der Waals surface area (Å²) in [5.41, 5.74) is 18.8. The van der Waals surface area contributed by atoms with Gasteiger partial charge in [0, 0.05) is 108 Å². The number of unbranched alkanes of at least 4 members (excludes halogenated alkanes) is 2. The summed E-state index contributed by atoms with van der Waals surface area (Å²) in [5, 5.41) is 67.3. The molecule has 20 N–H and O–H groups in total. The molecule has 0 saturated carbocycles. The van der Waals surface area contributed by atoms with E-state index in [1.54, 1.807) is 98.0 Å².